The van der Waals surface area contributed by atoms with Crippen molar-refractivity contribution in [1.29, 1.82) is 0 Å². The molecule has 0 unspecified atom stereocenters. The summed E-state index contributed by atoms with van der Waals surface area (Å²) in [6, 6.07) is 0. The van der Waals surface area contributed by atoms with Gasteiger partial charge in [0.1, 0.15) is 0 Å². The molecule has 0 spiro atoms. The van der Waals surface area contributed by atoms with Gasteiger partial charge in [0.05, 0.1) is 6.42 Å². The topological polar surface area (TPSA) is 37.3 Å². The SMILES string of the molecule is C=C(Cl)CC(=O)O.C=CC=C. The second-order valence-corrected chi connectivity index (χ2v) is 2.09. The fourth-order valence-corrected chi connectivity index (χ4v) is 0.278. The zero-order chi connectivity index (χ0) is 9.28. The van der Waals surface area contributed by atoms with Crippen molar-refractivity contribution in [2.24, 2.45) is 0 Å². The van der Waals surface area contributed by atoms with E-state index in [4.69, 9.17) is 16.7 Å². The van der Waals surface area contributed by atoms with Gasteiger partial charge in [0.2, 0.25) is 0 Å². The highest BCUT2D eigenvalue weighted by Gasteiger charge is 1.94. The van der Waals surface area contributed by atoms with Gasteiger partial charge in [0.25, 0.3) is 0 Å². The summed E-state index contributed by atoms with van der Waals surface area (Å²) in [6.45, 7) is 9.90. The van der Waals surface area contributed by atoms with Crippen LogP contribution in [0, 0.1) is 0 Å². The lowest BCUT2D eigenvalue weighted by molar-refractivity contribution is -0.136. The average Bonchev–Trinajstić information content (AvgIpc) is 1.85. The lowest BCUT2D eigenvalue weighted by Crippen LogP contribution is -1.91. The highest BCUT2D eigenvalue weighted by Crippen LogP contribution is 2.00. The summed E-state index contributed by atoms with van der Waals surface area (Å²) >= 11 is 5.10. The molecule has 0 bridgehead atoms. The van der Waals surface area contributed by atoms with Gasteiger partial charge in [-0.05, 0) is 0 Å². The molecule has 0 aromatic carbocycles. The predicted octanol–water partition coefficient (Wildman–Crippen LogP) is 2.57. The van der Waals surface area contributed by atoms with Gasteiger partial charge in [0.15, 0.2) is 0 Å². The van der Waals surface area contributed by atoms with E-state index in [0.717, 1.165) is 0 Å². The van der Waals surface area contributed by atoms with Crippen LogP contribution < -0.4 is 0 Å². The molecule has 0 amide bonds. The molecule has 0 heterocycles. The van der Waals surface area contributed by atoms with Gasteiger partial charge < -0.3 is 5.11 Å². The predicted molar refractivity (Wildman–Crippen MR) is 47.6 cm³/mol. The number of carboxylic acid groups (broad SMARTS) is 1. The number of carboxylic acids is 1. The van der Waals surface area contributed by atoms with E-state index in [9.17, 15) is 4.79 Å². The van der Waals surface area contributed by atoms with Crippen LogP contribution in [0.1, 0.15) is 6.42 Å². The van der Waals surface area contributed by atoms with Crippen molar-refractivity contribution >= 4 is 17.6 Å². The fraction of sp³-hybridized carbons (Fsp3) is 0.125. The molecule has 1 N–H and O–H groups in total. The maximum Gasteiger partial charge on any atom is 0.308 e. The smallest absolute Gasteiger partial charge is 0.308 e. The van der Waals surface area contributed by atoms with Gasteiger partial charge in [-0.15, -0.1) is 0 Å². The maximum atomic E-state index is 9.66. The molecule has 0 rings (SSSR count). The third kappa shape index (κ3) is 27.6. The Morgan fingerprint density at radius 3 is 1.82 bits per heavy atom. The lowest BCUT2D eigenvalue weighted by Gasteiger charge is -1.83. The summed E-state index contributed by atoms with van der Waals surface area (Å²) in [6.07, 6.45) is 3.13. The summed E-state index contributed by atoms with van der Waals surface area (Å²) in [4.78, 5) is 9.66. The van der Waals surface area contributed by atoms with E-state index >= 15 is 0 Å². The molecule has 0 radical (unpaired) electrons. The maximum absolute atomic E-state index is 9.66. The Bertz CT molecular complexity index is 143. The second kappa shape index (κ2) is 8.98. The minimum atomic E-state index is -0.944. The van der Waals surface area contributed by atoms with E-state index in [1.54, 1.807) is 12.2 Å². The van der Waals surface area contributed by atoms with Crippen molar-refractivity contribution in [2.45, 2.75) is 6.42 Å². The summed E-state index contributed by atoms with van der Waals surface area (Å²) in [5.41, 5.74) is 0. The molecule has 11 heavy (non-hydrogen) atoms. The Morgan fingerprint density at radius 1 is 1.45 bits per heavy atom. The molecule has 0 fully saturated rings. The van der Waals surface area contributed by atoms with Gasteiger partial charge >= 0.3 is 5.97 Å². The molecule has 3 heteroatoms. The number of rotatable bonds is 3. The first-order valence-corrected chi connectivity index (χ1v) is 3.21. The first-order valence-electron chi connectivity index (χ1n) is 2.83. The van der Waals surface area contributed by atoms with Crippen LogP contribution in [0.3, 0.4) is 0 Å². The number of aliphatic carboxylic acids is 1. The van der Waals surface area contributed by atoms with Gasteiger partial charge in [-0.1, -0.05) is 43.5 Å². The van der Waals surface area contributed by atoms with E-state index in [1.807, 2.05) is 0 Å². The molecule has 0 aliphatic heterocycles. The van der Waals surface area contributed by atoms with E-state index in [2.05, 4.69) is 19.7 Å². The van der Waals surface area contributed by atoms with Crippen LogP contribution in [0.25, 0.3) is 0 Å². The van der Waals surface area contributed by atoms with Crippen molar-refractivity contribution in [3.8, 4) is 0 Å². The zero-order valence-electron chi connectivity index (χ0n) is 6.22. The highest BCUT2D eigenvalue weighted by atomic mass is 35.5. The number of hydrogen-bond donors (Lipinski definition) is 1. The van der Waals surface area contributed by atoms with Crippen LogP contribution in [-0.2, 0) is 4.79 Å². The molecule has 62 valence electrons. The number of carbonyl (C=O) groups is 1. The monoisotopic (exact) mass is 174 g/mol. The quantitative estimate of drug-likeness (QED) is 0.668. The molecule has 0 atom stereocenters. The van der Waals surface area contributed by atoms with Crippen LogP contribution in [0.4, 0.5) is 0 Å². The van der Waals surface area contributed by atoms with E-state index in [0.29, 0.717) is 0 Å². The van der Waals surface area contributed by atoms with Gasteiger partial charge in [-0.3, -0.25) is 4.79 Å². The first-order chi connectivity index (χ1) is 5.04. The van der Waals surface area contributed by atoms with E-state index in [1.165, 1.54) is 0 Å². The molecular formula is C8H11ClO2. The van der Waals surface area contributed by atoms with Crippen molar-refractivity contribution in [1.82, 2.24) is 0 Å². The molecule has 0 aliphatic carbocycles. The minimum Gasteiger partial charge on any atom is -0.481 e. The minimum absolute atomic E-state index is 0.151. The van der Waals surface area contributed by atoms with Crippen LogP contribution in [0.15, 0.2) is 36.9 Å². The highest BCUT2D eigenvalue weighted by molar-refractivity contribution is 6.30. The van der Waals surface area contributed by atoms with Crippen LogP contribution >= 0.6 is 11.6 Å². The Hall–Kier alpha value is -1.02. The summed E-state index contributed by atoms with van der Waals surface area (Å²) in [5.74, 6) is -0.944. The molecule has 0 saturated heterocycles. The van der Waals surface area contributed by atoms with Crippen molar-refractivity contribution < 1.29 is 9.90 Å². The fourth-order valence-electron chi connectivity index (χ4n) is 0.164. The average molecular weight is 175 g/mol. The Kier molecular flexibility index (Phi) is 10.3. The zero-order valence-corrected chi connectivity index (χ0v) is 6.97. The molecule has 0 saturated carbocycles. The van der Waals surface area contributed by atoms with Crippen molar-refractivity contribution in [2.75, 3.05) is 0 Å². The third-order valence-corrected chi connectivity index (χ3v) is 0.643. The molecule has 0 aromatic heterocycles. The number of allylic oxidation sites excluding steroid dienone is 2. The van der Waals surface area contributed by atoms with E-state index in [-0.39, 0.29) is 11.5 Å². The summed E-state index contributed by atoms with van der Waals surface area (Å²) in [7, 11) is 0. The lowest BCUT2D eigenvalue weighted by atomic mass is 10.4. The summed E-state index contributed by atoms with van der Waals surface area (Å²) in [5, 5.41) is 8.10. The van der Waals surface area contributed by atoms with Crippen LogP contribution in [-0.4, -0.2) is 11.1 Å². The van der Waals surface area contributed by atoms with E-state index < -0.39 is 5.97 Å². The Labute approximate surface area is 71.5 Å². The molecular weight excluding hydrogens is 164 g/mol. The Balaban J connectivity index is 0. The van der Waals surface area contributed by atoms with Gasteiger partial charge in [0, 0.05) is 5.03 Å². The largest absolute Gasteiger partial charge is 0.481 e. The van der Waals surface area contributed by atoms with Gasteiger partial charge in [-0.25, -0.2) is 0 Å². The van der Waals surface area contributed by atoms with Crippen LogP contribution in [0.2, 0.25) is 0 Å². The first kappa shape index (κ1) is 12.6. The molecule has 2 nitrogen and oxygen atoms in total. The third-order valence-electron chi connectivity index (χ3n) is 0.510. The normalized spacial score (nSPS) is 7.00. The standard InChI is InChI=1S/C4H5ClO2.C4H6/c1-3(5)2-4(6)7;1-3-4-2/h1-2H2,(H,6,7);3-4H,1-2H2. The molecule has 0 aliphatic rings. The van der Waals surface area contributed by atoms with Crippen LogP contribution in [0.5, 0.6) is 0 Å². The second-order valence-electron chi connectivity index (χ2n) is 1.56. The Morgan fingerprint density at radius 2 is 1.82 bits per heavy atom. The molecule has 0 aromatic rings. The number of hydrogen-bond acceptors (Lipinski definition) is 1. The van der Waals surface area contributed by atoms with Crippen molar-refractivity contribution in [3.05, 3.63) is 36.9 Å². The number of halogens is 1. The summed E-state index contributed by atoms with van der Waals surface area (Å²) < 4.78 is 0. The van der Waals surface area contributed by atoms with Gasteiger partial charge in [-0.2, -0.15) is 0 Å². The van der Waals surface area contributed by atoms with Crippen molar-refractivity contribution in [3.63, 3.8) is 0 Å².